The SMILES string of the molecule is COC(=O)C(C(=O)OC(C)(C)C)c1c([N+](=O)[O-])cnc2ccccc12. The Morgan fingerprint density at radius 1 is 1.20 bits per heavy atom. The van der Waals surface area contributed by atoms with E-state index in [1.165, 1.54) is 0 Å². The van der Waals surface area contributed by atoms with Crippen LogP contribution < -0.4 is 0 Å². The summed E-state index contributed by atoms with van der Waals surface area (Å²) in [7, 11) is 1.11. The monoisotopic (exact) mass is 346 g/mol. The third-order valence-corrected chi connectivity index (χ3v) is 3.36. The van der Waals surface area contributed by atoms with Gasteiger partial charge in [-0.05, 0) is 26.8 Å². The van der Waals surface area contributed by atoms with Gasteiger partial charge < -0.3 is 9.47 Å². The number of benzene rings is 1. The number of fused-ring (bicyclic) bond motifs is 1. The average Bonchev–Trinajstić information content (AvgIpc) is 2.53. The fourth-order valence-corrected chi connectivity index (χ4v) is 2.41. The summed E-state index contributed by atoms with van der Waals surface area (Å²) in [5.74, 6) is -3.44. The van der Waals surface area contributed by atoms with E-state index in [2.05, 4.69) is 4.98 Å². The maximum Gasteiger partial charge on any atom is 0.325 e. The van der Waals surface area contributed by atoms with E-state index in [0.717, 1.165) is 13.3 Å². The molecule has 1 aromatic carbocycles. The van der Waals surface area contributed by atoms with E-state index in [9.17, 15) is 19.7 Å². The summed E-state index contributed by atoms with van der Waals surface area (Å²) in [4.78, 5) is 39.7. The van der Waals surface area contributed by atoms with Crippen LogP contribution in [0, 0.1) is 10.1 Å². The van der Waals surface area contributed by atoms with Gasteiger partial charge in [0.1, 0.15) is 11.8 Å². The second kappa shape index (κ2) is 6.84. The minimum Gasteiger partial charge on any atom is -0.468 e. The number of nitro groups is 1. The lowest BCUT2D eigenvalue weighted by Gasteiger charge is -2.23. The molecule has 1 atom stereocenters. The molecule has 0 aliphatic carbocycles. The van der Waals surface area contributed by atoms with Crippen LogP contribution in [0.3, 0.4) is 0 Å². The van der Waals surface area contributed by atoms with Gasteiger partial charge in [-0.25, -0.2) is 4.98 Å². The molecule has 25 heavy (non-hydrogen) atoms. The van der Waals surface area contributed by atoms with Crippen molar-refractivity contribution in [1.82, 2.24) is 4.98 Å². The van der Waals surface area contributed by atoms with Gasteiger partial charge in [-0.15, -0.1) is 0 Å². The molecule has 2 aromatic rings. The molecular formula is C17H18N2O6. The zero-order chi connectivity index (χ0) is 18.8. The van der Waals surface area contributed by atoms with Gasteiger partial charge in [0.05, 0.1) is 23.1 Å². The van der Waals surface area contributed by atoms with Crippen LogP contribution in [0.25, 0.3) is 10.9 Å². The molecule has 0 fully saturated rings. The van der Waals surface area contributed by atoms with Crippen molar-refractivity contribution >= 4 is 28.5 Å². The molecule has 1 heterocycles. The Hall–Kier alpha value is -3.03. The predicted octanol–water partition coefficient (Wildman–Crippen LogP) is 2.74. The molecule has 1 aromatic heterocycles. The third-order valence-electron chi connectivity index (χ3n) is 3.36. The van der Waals surface area contributed by atoms with E-state index in [4.69, 9.17) is 9.47 Å². The lowest BCUT2D eigenvalue weighted by molar-refractivity contribution is -0.385. The van der Waals surface area contributed by atoms with Crippen LogP contribution in [0.4, 0.5) is 5.69 Å². The molecule has 0 saturated heterocycles. The van der Waals surface area contributed by atoms with Crippen molar-refractivity contribution in [3.05, 3.63) is 46.1 Å². The summed E-state index contributed by atoms with van der Waals surface area (Å²) in [5.41, 5.74) is -0.988. The van der Waals surface area contributed by atoms with Crippen molar-refractivity contribution in [2.45, 2.75) is 32.3 Å². The van der Waals surface area contributed by atoms with Crippen LogP contribution in [-0.2, 0) is 19.1 Å². The molecular weight excluding hydrogens is 328 g/mol. The molecule has 0 radical (unpaired) electrons. The standard InChI is InChI=1S/C17H18N2O6/c1-17(2,3)25-16(21)14(15(20)24-4)13-10-7-5-6-8-11(10)18-9-12(13)19(22)23/h5-9,14H,1-4H3. The number of carbonyl (C=O) groups excluding carboxylic acids is 2. The Bertz CT molecular complexity index is 841. The maximum atomic E-state index is 12.6. The summed E-state index contributed by atoms with van der Waals surface area (Å²) in [5, 5.41) is 11.8. The number of methoxy groups -OCH3 is 1. The topological polar surface area (TPSA) is 109 Å². The number of nitrogens with zero attached hydrogens (tertiary/aromatic N) is 2. The average molecular weight is 346 g/mol. The summed E-state index contributed by atoms with van der Waals surface area (Å²) in [6.07, 6.45) is 1.03. The molecule has 0 aliphatic heterocycles. The normalized spacial score (nSPS) is 12.5. The summed E-state index contributed by atoms with van der Waals surface area (Å²) < 4.78 is 9.98. The number of carbonyl (C=O) groups is 2. The first-order chi connectivity index (χ1) is 11.7. The first-order valence-electron chi connectivity index (χ1n) is 7.48. The number of rotatable bonds is 4. The second-order valence-electron chi connectivity index (χ2n) is 6.32. The van der Waals surface area contributed by atoms with E-state index in [-0.39, 0.29) is 5.56 Å². The largest absolute Gasteiger partial charge is 0.468 e. The highest BCUT2D eigenvalue weighted by molar-refractivity contribution is 6.06. The molecule has 2 rings (SSSR count). The quantitative estimate of drug-likeness (QED) is 0.362. The minimum atomic E-state index is -1.59. The first kappa shape index (κ1) is 18.3. The Kier molecular flexibility index (Phi) is 5.01. The molecule has 0 N–H and O–H groups in total. The van der Waals surface area contributed by atoms with Crippen LogP contribution in [0.1, 0.15) is 32.3 Å². The van der Waals surface area contributed by atoms with E-state index in [1.54, 1.807) is 45.0 Å². The third kappa shape index (κ3) is 3.90. The molecule has 0 aliphatic rings. The van der Waals surface area contributed by atoms with Crippen molar-refractivity contribution in [2.24, 2.45) is 0 Å². The van der Waals surface area contributed by atoms with E-state index in [1.807, 2.05) is 0 Å². The molecule has 0 amide bonds. The smallest absolute Gasteiger partial charge is 0.325 e. The van der Waals surface area contributed by atoms with E-state index >= 15 is 0 Å². The summed E-state index contributed by atoms with van der Waals surface area (Å²) in [6, 6.07) is 6.53. The van der Waals surface area contributed by atoms with Crippen molar-refractivity contribution < 1.29 is 24.0 Å². The van der Waals surface area contributed by atoms with Gasteiger partial charge in [0.2, 0.25) is 0 Å². The Labute approximate surface area is 143 Å². The van der Waals surface area contributed by atoms with Gasteiger partial charge in [0.15, 0.2) is 5.92 Å². The van der Waals surface area contributed by atoms with Crippen molar-refractivity contribution in [3.63, 3.8) is 0 Å². The Morgan fingerprint density at radius 3 is 2.40 bits per heavy atom. The van der Waals surface area contributed by atoms with Gasteiger partial charge in [-0.1, -0.05) is 18.2 Å². The molecule has 0 spiro atoms. The van der Waals surface area contributed by atoms with Gasteiger partial charge in [-0.2, -0.15) is 0 Å². The van der Waals surface area contributed by atoms with Gasteiger partial charge in [0, 0.05) is 5.39 Å². The zero-order valence-electron chi connectivity index (χ0n) is 14.3. The highest BCUT2D eigenvalue weighted by Gasteiger charge is 2.39. The molecule has 1 unspecified atom stereocenters. The van der Waals surface area contributed by atoms with Crippen LogP contribution >= 0.6 is 0 Å². The zero-order valence-corrected chi connectivity index (χ0v) is 14.3. The molecule has 0 saturated carbocycles. The minimum absolute atomic E-state index is 0.0864. The number of para-hydroxylation sites is 1. The van der Waals surface area contributed by atoms with Crippen LogP contribution in [0.2, 0.25) is 0 Å². The highest BCUT2D eigenvalue weighted by Crippen LogP contribution is 2.35. The number of esters is 2. The predicted molar refractivity (Wildman–Crippen MR) is 89.0 cm³/mol. The van der Waals surface area contributed by atoms with Gasteiger partial charge in [-0.3, -0.25) is 19.7 Å². The number of hydrogen-bond donors (Lipinski definition) is 0. The number of ether oxygens (including phenoxy) is 2. The fraction of sp³-hybridized carbons (Fsp3) is 0.353. The van der Waals surface area contributed by atoms with Crippen molar-refractivity contribution in [1.29, 1.82) is 0 Å². The number of aromatic nitrogens is 1. The molecule has 0 bridgehead atoms. The molecule has 132 valence electrons. The van der Waals surface area contributed by atoms with Gasteiger partial charge in [0.25, 0.3) is 5.69 Å². The second-order valence-corrected chi connectivity index (χ2v) is 6.32. The lowest BCUT2D eigenvalue weighted by Crippen LogP contribution is -2.32. The summed E-state index contributed by atoms with van der Waals surface area (Å²) >= 11 is 0. The van der Waals surface area contributed by atoms with Crippen LogP contribution in [-0.4, -0.2) is 34.6 Å². The van der Waals surface area contributed by atoms with Crippen molar-refractivity contribution in [2.75, 3.05) is 7.11 Å². The number of hydrogen-bond acceptors (Lipinski definition) is 7. The lowest BCUT2D eigenvalue weighted by atomic mass is 9.93. The van der Waals surface area contributed by atoms with Crippen LogP contribution in [0.15, 0.2) is 30.5 Å². The van der Waals surface area contributed by atoms with Crippen molar-refractivity contribution in [3.8, 4) is 0 Å². The molecule has 8 heteroatoms. The molecule has 8 nitrogen and oxygen atoms in total. The highest BCUT2D eigenvalue weighted by atomic mass is 16.6. The Morgan fingerprint density at radius 2 is 1.84 bits per heavy atom. The maximum absolute atomic E-state index is 12.6. The first-order valence-corrected chi connectivity index (χ1v) is 7.48. The number of pyridine rings is 1. The fourth-order valence-electron chi connectivity index (χ4n) is 2.41. The van der Waals surface area contributed by atoms with Gasteiger partial charge >= 0.3 is 11.9 Å². The van der Waals surface area contributed by atoms with E-state index in [0.29, 0.717) is 10.9 Å². The Balaban J connectivity index is 2.75. The summed E-state index contributed by atoms with van der Waals surface area (Å²) in [6.45, 7) is 4.91. The van der Waals surface area contributed by atoms with Crippen LogP contribution in [0.5, 0.6) is 0 Å². The van der Waals surface area contributed by atoms with E-state index < -0.39 is 34.1 Å².